The summed E-state index contributed by atoms with van der Waals surface area (Å²) in [6.45, 7) is 6.16. The van der Waals surface area contributed by atoms with Crippen LogP contribution in [0, 0.1) is 5.41 Å². The average Bonchev–Trinajstić information content (AvgIpc) is 1.95. The van der Waals surface area contributed by atoms with Crippen LogP contribution in [0.15, 0.2) is 11.6 Å². The van der Waals surface area contributed by atoms with Crippen LogP contribution in [0.25, 0.3) is 0 Å². The van der Waals surface area contributed by atoms with Crippen molar-refractivity contribution in [1.29, 1.82) is 0 Å². The Morgan fingerprint density at radius 2 is 2.18 bits per heavy atom. The van der Waals surface area contributed by atoms with E-state index < -0.39 is 0 Å². The highest BCUT2D eigenvalue weighted by molar-refractivity contribution is 5.95. The second-order valence-corrected chi connectivity index (χ2v) is 3.90. The minimum Gasteiger partial charge on any atom is -0.294 e. The van der Waals surface area contributed by atoms with Crippen molar-refractivity contribution in [3.63, 3.8) is 0 Å². The Kier molecular flexibility index (Phi) is 2.17. The normalized spacial score (nSPS) is 23.2. The molecular weight excluding hydrogens is 136 g/mol. The van der Waals surface area contributed by atoms with Gasteiger partial charge in [0.1, 0.15) is 0 Å². The first kappa shape index (κ1) is 8.51. The van der Waals surface area contributed by atoms with Gasteiger partial charge in [-0.1, -0.05) is 26.3 Å². The molecule has 0 amide bonds. The van der Waals surface area contributed by atoms with Gasteiger partial charge < -0.3 is 0 Å². The summed E-state index contributed by atoms with van der Waals surface area (Å²) in [5.74, 6) is 0.306. The Bertz CT molecular complexity index is 199. The van der Waals surface area contributed by atoms with Crippen molar-refractivity contribution in [2.24, 2.45) is 5.41 Å². The number of hydrogen-bond acceptors (Lipinski definition) is 1. The predicted octanol–water partition coefficient (Wildman–Crippen LogP) is 2.71. The number of carbonyl (C=O) groups is 1. The standard InChI is InChI=1S/C10H16O/c1-4-8-5-6-10(2,3)9(11)7-8/h7H,4-6H2,1-3H3. The van der Waals surface area contributed by atoms with Gasteiger partial charge in [0.25, 0.3) is 0 Å². The van der Waals surface area contributed by atoms with Crippen LogP contribution in [-0.4, -0.2) is 5.78 Å². The maximum atomic E-state index is 11.4. The molecule has 0 unspecified atom stereocenters. The molecule has 0 saturated heterocycles. The molecule has 1 rings (SSSR count). The zero-order valence-electron chi connectivity index (χ0n) is 7.61. The zero-order chi connectivity index (χ0) is 8.48. The lowest BCUT2D eigenvalue weighted by molar-refractivity contribution is -0.123. The van der Waals surface area contributed by atoms with Gasteiger partial charge >= 0.3 is 0 Å². The Labute approximate surface area is 68.5 Å². The number of carbonyl (C=O) groups excluding carboxylic acids is 1. The summed E-state index contributed by atoms with van der Waals surface area (Å²) < 4.78 is 0. The van der Waals surface area contributed by atoms with E-state index in [1.807, 2.05) is 19.9 Å². The molecule has 1 aliphatic rings. The van der Waals surface area contributed by atoms with E-state index in [4.69, 9.17) is 0 Å². The van der Waals surface area contributed by atoms with E-state index in [9.17, 15) is 4.79 Å². The molecule has 11 heavy (non-hydrogen) atoms. The third-order valence-corrected chi connectivity index (χ3v) is 2.53. The van der Waals surface area contributed by atoms with Crippen LogP contribution >= 0.6 is 0 Å². The molecule has 0 aromatic carbocycles. The lowest BCUT2D eigenvalue weighted by Crippen LogP contribution is -2.25. The van der Waals surface area contributed by atoms with Gasteiger partial charge in [0.05, 0.1) is 0 Å². The molecule has 0 radical (unpaired) electrons. The highest BCUT2D eigenvalue weighted by Crippen LogP contribution is 2.32. The van der Waals surface area contributed by atoms with Gasteiger partial charge in [0, 0.05) is 5.41 Å². The van der Waals surface area contributed by atoms with Gasteiger partial charge in [0.2, 0.25) is 0 Å². The van der Waals surface area contributed by atoms with Gasteiger partial charge in [-0.3, -0.25) is 4.79 Å². The minimum absolute atomic E-state index is 0.0985. The van der Waals surface area contributed by atoms with Gasteiger partial charge in [-0.25, -0.2) is 0 Å². The number of rotatable bonds is 1. The van der Waals surface area contributed by atoms with E-state index >= 15 is 0 Å². The summed E-state index contributed by atoms with van der Waals surface area (Å²) in [5, 5.41) is 0. The molecule has 0 aromatic rings. The maximum absolute atomic E-state index is 11.4. The van der Waals surface area contributed by atoms with E-state index in [0.29, 0.717) is 5.78 Å². The first-order valence-corrected chi connectivity index (χ1v) is 4.30. The summed E-state index contributed by atoms with van der Waals surface area (Å²) in [6.07, 6.45) is 4.99. The Hall–Kier alpha value is -0.590. The fourth-order valence-electron chi connectivity index (χ4n) is 1.33. The van der Waals surface area contributed by atoms with Crippen LogP contribution in [0.5, 0.6) is 0 Å². The van der Waals surface area contributed by atoms with Crippen LogP contribution in [0.1, 0.15) is 40.0 Å². The topological polar surface area (TPSA) is 17.1 Å². The number of hydrogen-bond donors (Lipinski definition) is 0. The largest absolute Gasteiger partial charge is 0.294 e. The molecule has 1 nitrogen and oxygen atoms in total. The summed E-state index contributed by atoms with van der Waals surface area (Å²) in [6, 6.07) is 0. The molecule has 0 N–H and O–H groups in total. The fourth-order valence-corrected chi connectivity index (χ4v) is 1.33. The van der Waals surface area contributed by atoms with Gasteiger partial charge in [-0.05, 0) is 25.3 Å². The Morgan fingerprint density at radius 3 is 2.64 bits per heavy atom. The van der Waals surface area contributed by atoms with Gasteiger partial charge in [0.15, 0.2) is 5.78 Å². The molecule has 62 valence electrons. The van der Waals surface area contributed by atoms with E-state index in [2.05, 4.69) is 6.92 Å². The molecule has 0 bridgehead atoms. The van der Waals surface area contributed by atoms with Crippen LogP contribution < -0.4 is 0 Å². The van der Waals surface area contributed by atoms with Crippen molar-refractivity contribution < 1.29 is 4.79 Å². The molecule has 0 aliphatic heterocycles. The first-order chi connectivity index (χ1) is 5.06. The predicted molar refractivity (Wildman–Crippen MR) is 46.4 cm³/mol. The highest BCUT2D eigenvalue weighted by atomic mass is 16.1. The van der Waals surface area contributed by atoms with Crippen LogP contribution in [0.3, 0.4) is 0 Å². The zero-order valence-corrected chi connectivity index (χ0v) is 7.61. The molecule has 0 aromatic heterocycles. The van der Waals surface area contributed by atoms with Crippen molar-refractivity contribution in [2.75, 3.05) is 0 Å². The average molecular weight is 152 g/mol. The quantitative estimate of drug-likeness (QED) is 0.564. The summed E-state index contributed by atoms with van der Waals surface area (Å²) >= 11 is 0. The molecule has 1 heteroatoms. The third-order valence-electron chi connectivity index (χ3n) is 2.53. The third kappa shape index (κ3) is 1.70. The Morgan fingerprint density at radius 1 is 1.55 bits per heavy atom. The van der Waals surface area contributed by atoms with E-state index in [1.165, 1.54) is 5.57 Å². The summed E-state index contributed by atoms with van der Waals surface area (Å²) in [4.78, 5) is 11.4. The molecule has 0 atom stereocenters. The molecular formula is C10H16O. The van der Waals surface area contributed by atoms with E-state index in [1.54, 1.807) is 0 Å². The second-order valence-electron chi connectivity index (χ2n) is 3.90. The SMILES string of the molecule is CCC1=CC(=O)C(C)(C)CC1. The highest BCUT2D eigenvalue weighted by Gasteiger charge is 2.28. The number of allylic oxidation sites excluding steroid dienone is 2. The van der Waals surface area contributed by atoms with Crippen LogP contribution in [0.2, 0.25) is 0 Å². The van der Waals surface area contributed by atoms with Gasteiger partial charge in [-0.15, -0.1) is 0 Å². The monoisotopic (exact) mass is 152 g/mol. The smallest absolute Gasteiger partial charge is 0.161 e. The summed E-state index contributed by atoms with van der Waals surface area (Å²) in [5.41, 5.74) is 1.22. The molecule has 0 saturated carbocycles. The molecule has 0 spiro atoms. The minimum atomic E-state index is -0.0985. The Balaban J connectivity index is 2.79. The molecule has 1 aliphatic carbocycles. The lowest BCUT2D eigenvalue weighted by Gasteiger charge is -2.26. The maximum Gasteiger partial charge on any atom is 0.161 e. The number of ketones is 1. The van der Waals surface area contributed by atoms with Crippen LogP contribution in [-0.2, 0) is 4.79 Å². The van der Waals surface area contributed by atoms with Crippen molar-refractivity contribution in [3.05, 3.63) is 11.6 Å². The first-order valence-electron chi connectivity index (χ1n) is 4.30. The fraction of sp³-hybridized carbons (Fsp3) is 0.700. The van der Waals surface area contributed by atoms with E-state index in [0.717, 1.165) is 19.3 Å². The van der Waals surface area contributed by atoms with Crippen molar-refractivity contribution in [2.45, 2.75) is 40.0 Å². The van der Waals surface area contributed by atoms with Crippen molar-refractivity contribution in [1.82, 2.24) is 0 Å². The lowest BCUT2D eigenvalue weighted by atomic mass is 9.77. The molecule has 0 fully saturated rings. The van der Waals surface area contributed by atoms with Gasteiger partial charge in [-0.2, -0.15) is 0 Å². The van der Waals surface area contributed by atoms with E-state index in [-0.39, 0.29) is 5.41 Å². The van der Waals surface area contributed by atoms with Crippen molar-refractivity contribution in [3.8, 4) is 0 Å². The summed E-state index contributed by atoms with van der Waals surface area (Å²) in [7, 11) is 0. The van der Waals surface area contributed by atoms with Crippen LogP contribution in [0.4, 0.5) is 0 Å². The second kappa shape index (κ2) is 2.80. The van der Waals surface area contributed by atoms with Crippen molar-refractivity contribution >= 4 is 5.78 Å². The molecule has 0 heterocycles.